The zero-order valence-corrected chi connectivity index (χ0v) is 11.3. The fourth-order valence-corrected chi connectivity index (χ4v) is 2.48. The molecule has 2 rings (SSSR count). The molecule has 19 heavy (non-hydrogen) atoms. The van der Waals surface area contributed by atoms with Gasteiger partial charge in [0.25, 0.3) is 5.69 Å². The second kappa shape index (κ2) is 5.13. The molecule has 1 aliphatic heterocycles. The molecule has 0 amide bonds. The quantitative estimate of drug-likeness (QED) is 0.609. The zero-order chi connectivity index (χ0) is 14.2. The number of halogens is 1. The van der Waals surface area contributed by atoms with Gasteiger partial charge in [0, 0.05) is 31.2 Å². The average molecular weight is 267 g/mol. The van der Waals surface area contributed by atoms with Crippen molar-refractivity contribution in [1.82, 2.24) is 4.90 Å². The number of hydrogen-bond donors (Lipinski definition) is 0. The van der Waals surface area contributed by atoms with Crippen LogP contribution in [0.25, 0.3) is 0 Å². The Kier molecular flexibility index (Phi) is 3.71. The van der Waals surface area contributed by atoms with Crippen LogP contribution in [-0.2, 0) is 0 Å². The maximum absolute atomic E-state index is 14.0. The highest BCUT2D eigenvalue weighted by molar-refractivity contribution is 5.53. The number of nitro benzene ring substituents is 1. The smallest absolute Gasteiger partial charge is 0.272 e. The van der Waals surface area contributed by atoms with E-state index in [9.17, 15) is 14.5 Å². The highest BCUT2D eigenvalue weighted by Crippen LogP contribution is 2.28. The number of non-ortho nitro benzene ring substituents is 1. The van der Waals surface area contributed by atoms with Gasteiger partial charge in [0.2, 0.25) is 0 Å². The van der Waals surface area contributed by atoms with E-state index in [-0.39, 0.29) is 11.7 Å². The first kappa shape index (κ1) is 13.7. The summed E-state index contributed by atoms with van der Waals surface area (Å²) in [6.45, 7) is 5.68. The van der Waals surface area contributed by atoms with Crippen LogP contribution in [0.3, 0.4) is 0 Å². The Morgan fingerprint density at radius 1 is 1.32 bits per heavy atom. The van der Waals surface area contributed by atoms with Crippen LogP contribution in [0.4, 0.5) is 15.8 Å². The minimum absolute atomic E-state index is 0.178. The number of benzene rings is 1. The van der Waals surface area contributed by atoms with Gasteiger partial charge < -0.3 is 4.90 Å². The third-order valence-electron chi connectivity index (χ3n) is 3.75. The van der Waals surface area contributed by atoms with E-state index in [1.54, 1.807) is 0 Å². The molecule has 104 valence electrons. The third-order valence-corrected chi connectivity index (χ3v) is 3.75. The van der Waals surface area contributed by atoms with Gasteiger partial charge in [-0.25, -0.2) is 4.39 Å². The number of nitro groups is 1. The lowest BCUT2D eigenvalue weighted by molar-refractivity contribution is -0.385. The molecule has 1 aromatic rings. The highest BCUT2D eigenvalue weighted by atomic mass is 19.1. The van der Waals surface area contributed by atoms with Crippen molar-refractivity contribution >= 4 is 11.4 Å². The molecule has 0 spiro atoms. The molecule has 0 radical (unpaired) electrons. The first-order chi connectivity index (χ1) is 8.90. The molecule has 2 atom stereocenters. The molecule has 1 saturated heterocycles. The van der Waals surface area contributed by atoms with Crippen LogP contribution in [0, 0.1) is 15.9 Å². The monoisotopic (exact) mass is 267 g/mol. The van der Waals surface area contributed by atoms with E-state index in [0.29, 0.717) is 18.3 Å². The Morgan fingerprint density at radius 2 is 2.00 bits per heavy atom. The summed E-state index contributed by atoms with van der Waals surface area (Å²) in [7, 11) is 2.05. The highest BCUT2D eigenvalue weighted by Gasteiger charge is 2.28. The van der Waals surface area contributed by atoms with E-state index in [1.807, 2.05) is 18.9 Å². The summed E-state index contributed by atoms with van der Waals surface area (Å²) in [4.78, 5) is 14.2. The minimum atomic E-state index is -0.580. The zero-order valence-electron chi connectivity index (χ0n) is 11.3. The van der Waals surface area contributed by atoms with E-state index < -0.39 is 10.7 Å². The average Bonchev–Trinajstić information content (AvgIpc) is 2.34. The molecule has 0 N–H and O–H groups in total. The fourth-order valence-electron chi connectivity index (χ4n) is 2.48. The predicted octanol–water partition coefficient (Wildman–Crippen LogP) is 2.26. The van der Waals surface area contributed by atoms with Crippen LogP contribution in [0.5, 0.6) is 0 Å². The second-order valence-electron chi connectivity index (χ2n) is 5.18. The van der Waals surface area contributed by atoms with Crippen molar-refractivity contribution in [2.24, 2.45) is 0 Å². The lowest BCUT2D eigenvalue weighted by Crippen LogP contribution is -2.55. The molecule has 0 aromatic heterocycles. The van der Waals surface area contributed by atoms with Crippen LogP contribution in [-0.4, -0.2) is 42.0 Å². The van der Waals surface area contributed by atoms with Gasteiger partial charge in [-0.15, -0.1) is 0 Å². The van der Waals surface area contributed by atoms with Gasteiger partial charge in [-0.05, 0) is 27.0 Å². The summed E-state index contributed by atoms with van der Waals surface area (Å²) >= 11 is 0. The van der Waals surface area contributed by atoms with Crippen molar-refractivity contribution < 1.29 is 9.31 Å². The molecule has 0 bridgehead atoms. The number of anilines is 1. The molecule has 5 nitrogen and oxygen atoms in total. The second-order valence-corrected chi connectivity index (χ2v) is 5.18. The predicted molar refractivity (Wildman–Crippen MR) is 72.0 cm³/mol. The maximum atomic E-state index is 14.0. The van der Waals surface area contributed by atoms with E-state index >= 15 is 0 Å². The number of rotatable bonds is 2. The Bertz CT molecular complexity index is 495. The molecule has 1 heterocycles. The van der Waals surface area contributed by atoms with Gasteiger partial charge in [0.05, 0.1) is 16.7 Å². The number of hydrogen-bond acceptors (Lipinski definition) is 4. The van der Waals surface area contributed by atoms with Crippen LogP contribution in [0.2, 0.25) is 0 Å². The van der Waals surface area contributed by atoms with E-state index in [2.05, 4.69) is 11.8 Å². The van der Waals surface area contributed by atoms with Gasteiger partial charge >= 0.3 is 0 Å². The summed E-state index contributed by atoms with van der Waals surface area (Å²) in [5.41, 5.74) is 0.231. The Morgan fingerprint density at radius 3 is 2.58 bits per heavy atom. The maximum Gasteiger partial charge on any atom is 0.272 e. The number of likely N-dealkylation sites (N-methyl/N-ethyl adjacent to an activating group) is 1. The summed E-state index contributed by atoms with van der Waals surface area (Å²) in [5, 5.41) is 10.6. The molecule has 6 heteroatoms. The normalized spacial score (nSPS) is 24.5. The number of piperazine rings is 1. The first-order valence-electron chi connectivity index (χ1n) is 6.31. The fraction of sp³-hybridized carbons (Fsp3) is 0.538. The largest absolute Gasteiger partial charge is 0.364 e. The molecule has 1 aromatic carbocycles. The lowest BCUT2D eigenvalue weighted by Gasteiger charge is -2.43. The van der Waals surface area contributed by atoms with Crippen molar-refractivity contribution in [2.45, 2.75) is 25.9 Å². The molecule has 0 aliphatic carbocycles. The molecular weight excluding hydrogens is 249 g/mol. The third kappa shape index (κ3) is 2.68. The minimum Gasteiger partial charge on any atom is -0.364 e. The summed E-state index contributed by atoms with van der Waals surface area (Å²) in [5.74, 6) is -0.530. The van der Waals surface area contributed by atoms with Crippen molar-refractivity contribution in [2.75, 3.05) is 25.0 Å². The van der Waals surface area contributed by atoms with E-state index in [0.717, 1.165) is 12.6 Å². The Balaban J connectivity index is 2.29. The summed E-state index contributed by atoms with van der Waals surface area (Å²) < 4.78 is 14.0. The van der Waals surface area contributed by atoms with Crippen molar-refractivity contribution in [3.8, 4) is 0 Å². The van der Waals surface area contributed by atoms with Crippen LogP contribution in [0.15, 0.2) is 18.2 Å². The van der Waals surface area contributed by atoms with Gasteiger partial charge in [-0.3, -0.25) is 15.0 Å². The van der Waals surface area contributed by atoms with Crippen molar-refractivity contribution in [3.63, 3.8) is 0 Å². The van der Waals surface area contributed by atoms with Crippen LogP contribution < -0.4 is 4.90 Å². The van der Waals surface area contributed by atoms with Crippen LogP contribution in [0.1, 0.15) is 13.8 Å². The molecule has 1 fully saturated rings. The van der Waals surface area contributed by atoms with Crippen molar-refractivity contribution in [3.05, 3.63) is 34.1 Å². The Labute approximate surface area is 111 Å². The topological polar surface area (TPSA) is 49.6 Å². The van der Waals surface area contributed by atoms with E-state index in [4.69, 9.17) is 0 Å². The first-order valence-corrected chi connectivity index (χ1v) is 6.31. The van der Waals surface area contributed by atoms with Gasteiger partial charge in [0.15, 0.2) is 5.82 Å². The van der Waals surface area contributed by atoms with E-state index in [1.165, 1.54) is 12.1 Å². The SMILES string of the molecule is C[C@@H]1CN(C)[C@@H](C)CN1c1ccc([N+](=O)[O-])cc1F. The van der Waals surface area contributed by atoms with Crippen LogP contribution >= 0.6 is 0 Å². The molecule has 0 saturated carbocycles. The van der Waals surface area contributed by atoms with Gasteiger partial charge in [-0.1, -0.05) is 0 Å². The molecule has 1 aliphatic rings. The summed E-state index contributed by atoms with van der Waals surface area (Å²) in [6.07, 6.45) is 0. The van der Waals surface area contributed by atoms with Gasteiger partial charge in [0.1, 0.15) is 0 Å². The number of nitrogens with zero attached hydrogens (tertiary/aromatic N) is 3. The van der Waals surface area contributed by atoms with Crippen molar-refractivity contribution in [1.29, 1.82) is 0 Å². The summed E-state index contributed by atoms with van der Waals surface area (Å²) in [6, 6.07) is 4.35. The molecule has 0 unspecified atom stereocenters. The Hall–Kier alpha value is -1.69. The molecular formula is C13H18FN3O2. The lowest BCUT2D eigenvalue weighted by atomic mass is 10.1. The standard InChI is InChI=1S/C13H18FN3O2/c1-9-8-16(10(2)7-15(9)3)13-5-4-11(17(18)19)6-12(13)14/h4-6,9-10H,7-8H2,1-3H3/t9-,10+/m0/s1. The van der Waals surface area contributed by atoms with Gasteiger partial charge in [-0.2, -0.15) is 0 Å².